The van der Waals surface area contributed by atoms with Gasteiger partial charge in [-0.25, -0.2) is 9.97 Å². The third kappa shape index (κ3) is 3.76. The van der Waals surface area contributed by atoms with Crippen LogP contribution in [0.15, 0.2) is 67.0 Å². The van der Waals surface area contributed by atoms with E-state index in [-0.39, 0.29) is 6.61 Å². The first-order chi connectivity index (χ1) is 15.7. The van der Waals surface area contributed by atoms with Crippen LogP contribution in [-0.2, 0) is 0 Å². The molecule has 0 bridgehead atoms. The van der Waals surface area contributed by atoms with Gasteiger partial charge in [0.1, 0.15) is 29.0 Å². The van der Waals surface area contributed by atoms with Gasteiger partial charge in [0.15, 0.2) is 0 Å². The lowest BCUT2D eigenvalue weighted by Crippen LogP contribution is -2.17. The Hall–Kier alpha value is -3.22. The Morgan fingerprint density at radius 2 is 1.66 bits per heavy atom. The fourth-order valence-corrected chi connectivity index (χ4v) is 4.83. The van der Waals surface area contributed by atoms with Gasteiger partial charge in [0.2, 0.25) is 0 Å². The summed E-state index contributed by atoms with van der Waals surface area (Å²) in [4.78, 5) is 9.35. The number of rotatable bonds is 5. The highest BCUT2D eigenvalue weighted by Crippen LogP contribution is 2.38. The third-order valence-electron chi connectivity index (χ3n) is 6.70. The fraction of sp³-hybridized carbons (Fsp3) is 0.308. The number of aliphatic hydroxyl groups excluding tert-OH is 2. The Bertz CT molecular complexity index is 1200. The van der Waals surface area contributed by atoms with Gasteiger partial charge in [0.05, 0.1) is 0 Å². The number of imidazole rings is 1. The van der Waals surface area contributed by atoms with Gasteiger partial charge in [-0.1, -0.05) is 54.6 Å². The molecule has 2 aromatic carbocycles. The fourth-order valence-electron chi connectivity index (χ4n) is 4.83. The summed E-state index contributed by atoms with van der Waals surface area (Å²) in [5, 5.41) is 20.2. The van der Waals surface area contributed by atoms with Crippen LogP contribution in [0.25, 0.3) is 16.8 Å². The summed E-state index contributed by atoms with van der Waals surface area (Å²) in [7, 11) is 0. The summed E-state index contributed by atoms with van der Waals surface area (Å²) < 4.78 is 2.08. The predicted molar refractivity (Wildman–Crippen MR) is 125 cm³/mol. The van der Waals surface area contributed by atoms with E-state index in [1.54, 1.807) is 6.20 Å². The molecule has 2 heterocycles. The molecule has 4 N–H and O–H groups in total. The summed E-state index contributed by atoms with van der Waals surface area (Å²) >= 11 is 0. The maximum atomic E-state index is 10.7. The largest absolute Gasteiger partial charge is 0.396 e. The van der Waals surface area contributed by atoms with Crippen LogP contribution in [0.4, 0.5) is 5.82 Å². The van der Waals surface area contributed by atoms with Crippen molar-refractivity contribution in [2.24, 2.45) is 5.92 Å². The molecule has 0 spiro atoms. The number of aliphatic hydroxyl groups is 2. The second-order valence-corrected chi connectivity index (χ2v) is 8.69. The number of nitrogen functional groups attached to an aromatic ring is 1. The molecule has 1 saturated carbocycles. The molecule has 0 aliphatic heterocycles. The van der Waals surface area contributed by atoms with Gasteiger partial charge < -0.3 is 15.9 Å². The molecule has 6 heteroatoms. The van der Waals surface area contributed by atoms with Gasteiger partial charge in [0, 0.05) is 30.5 Å². The number of anilines is 1. The molecule has 0 saturated heterocycles. The average Bonchev–Trinajstić information content (AvgIpc) is 3.25. The molecule has 4 aromatic rings. The Balaban J connectivity index is 1.50. The van der Waals surface area contributed by atoms with Crippen LogP contribution in [0.1, 0.15) is 54.7 Å². The molecule has 0 radical (unpaired) electrons. The van der Waals surface area contributed by atoms with Crippen molar-refractivity contribution in [3.05, 3.63) is 83.9 Å². The molecule has 5 rings (SSSR count). The van der Waals surface area contributed by atoms with Crippen LogP contribution in [-0.4, -0.2) is 31.2 Å². The molecular weight excluding hydrogens is 400 g/mol. The van der Waals surface area contributed by atoms with Gasteiger partial charge in [-0.05, 0) is 42.7 Å². The zero-order valence-corrected chi connectivity index (χ0v) is 17.9. The van der Waals surface area contributed by atoms with Crippen molar-refractivity contribution < 1.29 is 10.2 Å². The van der Waals surface area contributed by atoms with Crippen LogP contribution in [0, 0.1) is 5.92 Å². The standard InChI is InChI=1S/C26H28N4O2/c27-25-23-22(18-10-12-20(13-11-18)24(32)19-4-2-1-3-5-19)29-26(30(23)15-14-28-25)21-8-6-17(16-31)7-9-21/h1-5,10-15,17,21,24,31-32H,6-9,16H2,(H2,27,28). The Kier molecular flexibility index (Phi) is 5.64. The van der Waals surface area contributed by atoms with Crippen molar-refractivity contribution >= 4 is 11.3 Å². The number of fused-ring (bicyclic) bond motifs is 1. The van der Waals surface area contributed by atoms with E-state index in [0.717, 1.165) is 59.4 Å². The minimum absolute atomic E-state index is 0.262. The first kappa shape index (κ1) is 20.7. The lowest BCUT2D eigenvalue weighted by molar-refractivity contribution is 0.181. The van der Waals surface area contributed by atoms with E-state index in [9.17, 15) is 10.2 Å². The molecule has 1 unspecified atom stereocenters. The average molecular weight is 429 g/mol. The molecule has 1 atom stereocenters. The SMILES string of the molecule is Nc1nccn2c(C3CCC(CO)CC3)nc(-c3ccc(C(O)c4ccccc4)cc3)c12. The summed E-state index contributed by atoms with van der Waals surface area (Å²) in [6, 6.07) is 17.5. The van der Waals surface area contributed by atoms with Crippen molar-refractivity contribution in [2.75, 3.05) is 12.3 Å². The quantitative estimate of drug-likeness (QED) is 0.440. The summed E-state index contributed by atoms with van der Waals surface area (Å²) in [6.07, 6.45) is 7.02. The number of hydrogen-bond acceptors (Lipinski definition) is 5. The molecule has 1 fully saturated rings. The zero-order valence-electron chi connectivity index (χ0n) is 17.9. The third-order valence-corrected chi connectivity index (χ3v) is 6.70. The molecule has 164 valence electrons. The lowest BCUT2D eigenvalue weighted by atomic mass is 9.82. The first-order valence-corrected chi connectivity index (χ1v) is 11.2. The normalized spacial score (nSPS) is 19.8. The van der Waals surface area contributed by atoms with E-state index in [2.05, 4.69) is 9.38 Å². The highest BCUT2D eigenvalue weighted by Gasteiger charge is 2.27. The number of aromatic nitrogens is 3. The lowest BCUT2D eigenvalue weighted by Gasteiger charge is -2.26. The van der Waals surface area contributed by atoms with Crippen LogP contribution < -0.4 is 5.73 Å². The van der Waals surface area contributed by atoms with Crippen LogP contribution in [0.2, 0.25) is 0 Å². The topological polar surface area (TPSA) is 96.7 Å². The van der Waals surface area contributed by atoms with Crippen molar-refractivity contribution in [1.82, 2.24) is 14.4 Å². The minimum Gasteiger partial charge on any atom is -0.396 e. The summed E-state index contributed by atoms with van der Waals surface area (Å²) in [5.41, 5.74) is 10.6. The van der Waals surface area contributed by atoms with Gasteiger partial charge >= 0.3 is 0 Å². The molecular formula is C26H28N4O2. The Morgan fingerprint density at radius 1 is 0.969 bits per heavy atom. The highest BCUT2D eigenvalue weighted by atomic mass is 16.3. The maximum Gasteiger partial charge on any atom is 0.150 e. The van der Waals surface area contributed by atoms with E-state index < -0.39 is 6.10 Å². The Labute approximate surface area is 187 Å². The van der Waals surface area contributed by atoms with Gasteiger partial charge in [-0.2, -0.15) is 0 Å². The monoisotopic (exact) mass is 428 g/mol. The van der Waals surface area contributed by atoms with E-state index in [1.807, 2.05) is 60.8 Å². The number of nitrogens with zero attached hydrogens (tertiary/aromatic N) is 3. The molecule has 32 heavy (non-hydrogen) atoms. The smallest absolute Gasteiger partial charge is 0.150 e. The van der Waals surface area contributed by atoms with Crippen molar-refractivity contribution in [2.45, 2.75) is 37.7 Å². The minimum atomic E-state index is -0.673. The maximum absolute atomic E-state index is 10.7. The molecule has 1 aliphatic rings. The van der Waals surface area contributed by atoms with Gasteiger partial charge in [0.25, 0.3) is 0 Å². The van der Waals surface area contributed by atoms with Gasteiger partial charge in [-0.3, -0.25) is 4.40 Å². The van der Waals surface area contributed by atoms with Crippen molar-refractivity contribution in [3.63, 3.8) is 0 Å². The Morgan fingerprint density at radius 3 is 2.34 bits per heavy atom. The molecule has 1 aliphatic carbocycles. The predicted octanol–water partition coefficient (Wildman–Crippen LogP) is 4.33. The van der Waals surface area contributed by atoms with E-state index >= 15 is 0 Å². The van der Waals surface area contributed by atoms with Crippen LogP contribution in [0.3, 0.4) is 0 Å². The zero-order chi connectivity index (χ0) is 22.1. The first-order valence-electron chi connectivity index (χ1n) is 11.2. The highest BCUT2D eigenvalue weighted by molar-refractivity contribution is 5.85. The van der Waals surface area contributed by atoms with Crippen molar-refractivity contribution in [3.8, 4) is 11.3 Å². The second-order valence-electron chi connectivity index (χ2n) is 8.69. The molecule has 2 aromatic heterocycles. The van der Waals surface area contributed by atoms with E-state index in [1.165, 1.54) is 0 Å². The summed E-state index contributed by atoms with van der Waals surface area (Å²) in [6.45, 7) is 0.262. The van der Waals surface area contributed by atoms with Crippen LogP contribution >= 0.6 is 0 Å². The number of nitrogens with two attached hydrogens (primary N) is 1. The summed E-state index contributed by atoms with van der Waals surface area (Å²) in [5.74, 6) is 2.19. The van der Waals surface area contributed by atoms with Crippen LogP contribution in [0.5, 0.6) is 0 Å². The number of hydrogen-bond donors (Lipinski definition) is 3. The van der Waals surface area contributed by atoms with E-state index in [4.69, 9.17) is 10.7 Å². The second kappa shape index (κ2) is 8.73. The molecule has 0 amide bonds. The number of benzene rings is 2. The van der Waals surface area contributed by atoms with Gasteiger partial charge in [-0.15, -0.1) is 0 Å². The molecule has 6 nitrogen and oxygen atoms in total. The van der Waals surface area contributed by atoms with E-state index in [0.29, 0.717) is 17.7 Å². The van der Waals surface area contributed by atoms with Crippen molar-refractivity contribution in [1.29, 1.82) is 0 Å².